The molecule has 0 saturated carbocycles. The molecular formula is C13H29NO2. The molecule has 2 unspecified atom stereocenters. The molecule has 0 aliphatic heterocycles. The standard InChI is InChI=1S/C13H29NO2/c1-4-13(14)10-8-6-7-9-11-16-12(3)15-5-2/h12-13H,4-11,14H2,1-3H3. The highest BCUT2D eigenvalue weighted by Gasteiger charge is 2.00. The molecule has 0 fully saturated rings. The zero-order valence-electron chi connectivity index (χ0n) is 11.2. The summed E-state index contributed by atoms with van der Waals surface area (Å²) in [5, 5.41) is 0. The lowest BCUT2D eigenvalue weighted by Gasteiger charge is -2.12. The summed E-state index contributed by atoms with van der Waals surface area (Å²) in [4.78, 5) is 0. The van der Waals surface area contributed by atoms with Gasteiger partial charge in [0.2, 0.25) is 0 Å². The van der Waals surface area contributed by atoms with Crippen LogP contribution >= 0.6 is 0 Å². The lowest BCUT2D eigenvalue weighted by molar-refractivity contribution is -0.127. The summed E-state index contributed by atoms with van der Waals surface area (Å²) >= 11 is 0. The van der Waals surface area contributed by atoms with E-state index in [1.165, 1.54) is 19.3 Å². The SMILES string of the molecule is CCOC(C)OCCCCCCC(N)CC. The zero-order chi connectivity index (χ0) is 12.2. The quantitative estimate of drug-likeness (QED) is 0.439. The van der Waals surface area contributed by atoms with Crippen LogP contribution in [-0.4, -0.2) is 25.5 Å². The number of unbranched alkanes of at least 4 members (excludes halogenated alkanes) is 3. The van der Waals surface area contributed by atoms with Crippen LogP contribution in [0, 0.1) is 0 Å². The van der Waals surface area contributed by atoms with E-state index >= 15 is 0 Å². The van der Waals surface area contributed by atoms with Gasteiger partial charge in [0.1, 0.15) is 0 Å². The Morgan fingerprint density at radius 3 is 2.31 bits per heavy atom. The van der Waals surface area contributed by atoms with Gasteiger partial charge in [-0.3, -0.25) is 0 Å². The van der Waals surface area contributed by atoms with E-state index < -0.39 is 0 Å². The van der Waals surface area contributed by atoms with Crippen molar-refractivity contribution in [2.24, 2.45) is 5.73 Å². The van der Waals surface area contributed by atoms with Crippen molar-refractivity contribution in [1.29, 1.82) is 0 Å². The van der Waals surface area contributed by atoms with Crippen LogP contribution in [0.2, 0.25) is 0 Å². The minimum atomic E-state index is -0.0569. The molecule has 0 bridgehead atoms. The van der Waals surface area contributed by atoms with E-state index in [2.05, 4.69) is 6.92 Å². The summed E-state index contributed by atoms with van der Waals surface area (Å²) in [6.45, 7) is 7.60. The van der Waals surface area contributed by atoms with Crippen LogP contribution in [0.5, 0.6) is 0 Å². The molecule has 0 heterocycles. The van der Waals surface area contributed by atoms with Crippen molar-refractivity contribution in [2.75, 3.05) is 13.2 Å². The van der Waals surface area contributed by atoms with Gasteiger partial charge in [0, 0.05) is 19.3 Å². The largest absolute Gasteiger partial charge is 0.353 e. The van der Waals surface area contributed by atoms with E-state index in [9.17, 15) is 0 Å². The number of nitrogens with two attached hydrogens (primary N) is 1. The smallest absolute Gasteiger partial charge is 0.154 e. The molecule has 0 aromatic heterocycles. The van der Waals surface area contributed by atoms with Crippen molar-refractivity contribution in [2.45, 2.75) is 71.6 Å². The number of rotatable bonds is 11. The average molecular weight is 231 g/mol. The molecule has 3 nitrogen and oxygen atoms in total. The van der Waals surface area contributed by atoms with Crippen molar-refractivity contribution >= 4 is 0 Å². The molecular weight excluding hydrogens is 202 g/mol. The van der Waals surface area contributed by atoms with Gasteiger partial charge < -0.3 is 15.2 Å². The minimum absolute atomic E-state index is 0.0569. The molecule has 0 radical (unpaired) electrons. The molecule has 2 atom stereocenters. The number of hydrogen-bond acceptors (Lipinski definition) is 3. The van der Waals surface area contributed by atoms with Crippen molar-refractivity contribution in [3.8, 4) is 0 Å². The fourth-order valence-corrected chi connectivity index (χ4v) is 1.60. The monoisotopic (exact) mass is 231 g/mol. The molecule has 0 aromatic carbocycles. The molecule has 3 heteroatoms. The third-order valence-electron chi connectivity index (χ3n) is 2.75. The van der Waals surface area contributed by atoms with E-state index in [0.717, 1.165) is 32.5 Å². The number of hydrogen-bond donors (Lipinski definition) is 1. The second-order valence-electron chi connectivity index (χ2n) is 4.26. The second-order valence-corrected chi connectivity index (χ2v) is 4.26. The van der Waals surface area contributed by atoms with Gasteiger partial charge in [-0.2, -0.15) is 0 Å². The van der Waals surface area contributed by atoms with Crippen LogP contribution in [0.4, 0.5) is 0 Å². The van der Waals surface area contributed by atoms with E-state index in [4.69, 9.17) is 15.2 Å². The molecule has 2 N–H and O–H groups in total. The lowest BCUT2D eigenvalue weighted by Crippen LogP contribution is -2.17. The predicted molar refractivity (Wildman–Crippen MR) is 68.4 cm³/mol. The Balaban J connectivity index is 3.09. The summed E-state index contributed by atoms with van der Waals surface area (Å²) in [5.74, 6) is 0. The Morgan fingerprint density at radius 1 is 1.00 bits per heavy atom. The van der Waals surface area contributed by atoms with Gasteiger partial charge in [-0.05, 0) is 33.1 Å². The predicted octanol–water partition coefficient (Wildman–Crippen LogP) is 3.07. The minimum Gasteiger partial charge on any atom is -0.353 e. The number of ether oxygens (including phenoxy) is 2. The molecule has 0 spiro atoms. The lowest BCUT2D eigenvalue weighted by atomic mass is 10.1. The van der Waals surface area contributed by atoms with Crippen LogP contribution < -0.4 is 5.73 Å². The summed E-state index contributed by atoms with van der Waals surface area (Å²) in [6.07, 6.45) is 7.06. The molecule has 98 valence electrons. The highest BCUT2D eigenvalue weighted by molar-refractivity contribution is 4.57. The van der Waals surface area contributed by atoms with Crippen LogP contribution in [0.25, 0.3) is 0 Å². The normalized spacial score (nSPS) is 15.0. The van der Waals surface area contributed by atoms with Crippen molar-refractivity contribution < 1.29 is 9.47 Å². The van der Waals surface area contributed by atoms with Crippen molar-refractivity contribution in [3.05, 3.63) is 0 Å². The topological polar surface area (TPSA) is 44.5 Å². The van der Waals surface area contributed by atoms with Gasteiger partial charge in [0.15, 0.2) is 6.29 Å². The first kappa shape index (κ1) is 15.9. The van der Waals surface area contributed by atoms with Crippen LogP contribution in [-0.2, 0) is 9.47 Å². The Bertz CT molecular complexity index is 142. The average Bonchev–Trinajstić information content (AvgIpc) is 2.27. The second kappa shape index (κ2) is 11.4. The van der Waals surface area contributed by atoms with Gasteiger partial charge in [0.25, 0.3) is 0 Å². The zero-order valence-corrected chi connectivity index (χ0v) is 11.2. The summed E-state index contributed by atoms with van der Waals surface area (Å²) in [6, 6.07) is 0.397. The van der Waals surface area contributed by atoms with E-state index in [1.54, 1.807) is 0 Å². The molecule has 0 aromatic rings. The van der Waals surface area contributed by atoms with Gasteiger partial charge in [0.05, 0.1) is 0 Å². The van der Waals surface area contributed by atoms with Crippen molar-refractivity contribution in [1.82, 2.24) is 0 Å². The molecule has 0 amide bonds. The third-order valence-corrected chi connectivity index (χ3v) is 2.75. The maximum Gasteiger partial charge on any atom is 0.154 e. The fourth-order valence-electron chi connectivity index (χ4n) is 1.60. The van der Waals surface area contributed by atoms with Crippen LogP contribution in [0.1, 0.15) is 59.3 Å². The Kier molecular flexibility index (Phi) is 11.3. The highest BCUT2D eigenvalue weighted by atomic mass is 16.7. The Hall–Kier alpha value is -0.120. The summed E-state index contributed by atoms with van der Waals surface area (Å²) in [5.41, 5.74) is 5.85. The molecule has 0 rings (SSSR count). The van der Waals surface area contributed by atoms with E-state index in [-0.39, 0.29) is 6.29 Å². The van der Waals surface area contributed by atoms with E-state index in [0.29, 0.717) is 6.04 Å². The molecule has 16 heavy (non-hydrogen) atoms. The summed E-state index contributed by atoms with van der Waals surface area (Å²) in [7, 11) is 0. The molecule has 0 aliphatic rings. The first-order valence-electron chi connectivity index (χ1n) is 6.69. The fraction of sp³-hybridized carbons (Fsp3) is 1.00. The van der Waals surface area contributed by atoms with Gasteiger partial charge in [-0.25, -0.2) is 0 Å². The maximum atomic E-state index is 5.85. The van der Waals surface area contributed by atoms with Gasteiger partial charge in [-0.1, -0.05) is 26.2 Å². The van der Waals surface area contributed by atoms with Crippen LogP contribution in [0.15, 0.2) is 0 Å². The van der Waals surface area contributed by atoms with Crippen molar-refractivity contribution in [3.63, 3.8) is 0 Å². The Morgan fingerprint density at radius 2 is 1.69 bits per heavy atom. The van der Waals surface area contributed by atoms with Gasteiger partial charge in [-0.15, -0.1) is 0 Å². The molecule has 0 aliphatic carbocycles. The first-order valence-corrected chi connectivity index (χ1v) is 6.69. The van der Waals surface area contributed by atoms with E-state index in [1.807, 2.05) is 13.8 Å². The maximum absolute atomic E-state index is 5.85. The van der Waals surface area contributed by atoms with Gasteiger partial charge >= 0.3 is 0 Å². The molecule has 0 saturated heterocycles. The Labute approximate surface area is 101 Å². The van der Waals surface area contributed by atoms with Crippen LogP contribution in [0.3, 0.4) is 0 Å². The highest BCUT2D eigenvalue weighted by Crippen LogP contribution is 2.07. The summed E-state index contributed by atoms with van der Waals surface area (Å²) < 4.78 is 10.8. The first-order chi connectivity index (χ1) is 7.70. The third kappa shape index (κ3) is 10.4.